The van der Waals surface area contributed by atoms with Crippen LogP contribution in [0.1, 0.15) is 6.92 Å². The van der Waals surface area contributed by atoms with Gasteiger partial charge in [0.15, 0.2) is 11.5 Å². The molecule has 1 heterocycles. The maximum atomic E-state index is 5.10. The van der Waals surface area contributed by atoms with E-state index in [-0.39, 0.29) is 6.79 Å². The summed E-state index contributed by atoms with van der Waals surface area (Å²) in [7, 11) is 0. The molecule has 0 aliphatic carbocycles. The first-order chi connectivity index (χ1) is 4.75. The highest BCUT2D eigenvalue weighted by atomic mass is 16.7. The molecule has 10 heavy (non-hydrogen) atoms. The smallest absolute Gasteiger partial charge is 0.231 e. The molecular weight excluding hydrogens is 128 g/mol. The molecule has 0 bridgehead atoms. The molecule has 0 amide bonds. The van der Waals surface area contributed by atoms with Crippen LogP contribution in [0.4, 0.5) is 0 Å². The van der Waals surface area contributed by atoms with Gasteiger partial charge >= 0.3 is 0 Å². The first kappa shape index (κ1) is 6.93. The molecule has 0 aromatic heterocycles. The van der Waals surface area contributed by atoms with Crippen molar-refractivity contribution in [2.24, 2.45) is 0 Å². The number of allylic oxidation sites excluding steroid dienone is 2. The molecule has 0 radical (unpaired) electrons. The van der Waals surface area contributed by atoms with Crippen molar-refractivity contribution in [1.29, 1.82) is 0 Å². The van der Waals surface area contributed by atoms with Crippen molar-refractivity contribution in [3.05, 3.63) is 36.3 Å². The predicted molar refractivity (Wildman–Crippen MR) is 39.1 cm³/mol. The molecule has 1 rings (SSSR count). The Morgan fingerprint density at radius 3 is 2.70 bits per heavy atom. The van der Waals surface area contributed by atoms with Crippen molar-refractivity contribution in [2.75, 3.05) is 6.79 Å². The van der Waals surface area contributed by atoms with E-state index >= 15 is 0 Å². The fourth-order valence-corrected chi connectivity index (χ4v) is 0.732. The third-order valence-electron chi connectivity index (χ3n) is 1.35. The molecule has 0 saturated carbocycles. The first-order valence-electron chi connectivity index (χ1n) is 3.04. The van der Waals surface area contributed by atoms with Gasteiger partial charge in [0.05, 0.1) is 0 Å². The summed E-state index contributed by atoms with van der Waals surface area (Å²) < 4.78 is 10.1. The molecule has 1 aliphatic heterocycles. The molecule has 54 valence electrons. The van der Waals surface area contributed by atoms with E-state index in [1.807, 2.05) is 6.92 Å². The van der Waals surface area contributed by atoms with Gasteiger partial charge in [0.1, 0.15) is 0 Å². The fraction of sp³-hybridized carbons (Fsp3) is 0.250. The Balaban J connectivity index is 2.89. The zero-order valence-corrected chi connectivity index (χ0v) is 6.02. The molecule has 1 aliphatic rings. The van der Waals surface area contributed by atoms with Gasteiger partial charge < -0.3 is 9.47 Å². The Hall–Kier alpha value is -1.18. The zero-order chi connectivity index (χ0) is 7.56. The third-order valence-corrected chi connectivity index (χ3v) is 1.35. The standard InChI is InChI=1S/C8H10O2/c1-4-6(2)8-7(3)9-5-10-8/h4H,1,3,5H2,2H3/b8-6+. The Kier molecular flexibility index (Phi) is 1.81. The van der Waals surface area contributed by atoms with E-state index in [9.17, 15) is 0 Å². The van der Waals surface area contributed by atoms with Crippen molar-refractivity contribution >= 4 is 0 Å². The minimum absolute atomic E-state index is 0.277. The molecule has 2 nitrogen and oxygen atoms in total. The summed E-state index contributed by atoms with van der Waals surface area (Å²) >= 11 is 0. The van der Waals surface area contributed by atoms with E-state index in [4.69, 9.17) is 9.47 Å². The molecular formula is C8H10O2. The average Bonchev–Trinajstić information content (AvgIpc) is 2.34. The molecule has 2 heteroatoms. The minimum Gasteiger partial charge on any atom is -0.454 e. The minimum atomic E-state index is 0.277. The van der Waals surface area contributed by atoms with E-state index in [2.05, 4.69) is 13.2 Å². The predicted octanol–water partition coefficient (Wildman–Crippen LogP) is 1.96. The summed E-state index contributed by atoms with van der Waals surface area (Å²) in [6.45, 7) is 9.44. The van der Waals surface area contributed by atoms with E-state index in [1.165, 1.54) is 0 Å². The lowest BCUT2D eigenvalue weighted by atomic mass is 10.2. The first-order valence-corrected chi connectivity index (χ1v) is 3.04. The van der Waals surface area contributed by atoms with Crippen LogP contribution >= 0.6 is 0 Å². The lowest BCUT2D eigenvalue weighted by Crippen LogP contribution is -1.84. The van der Waals surface area contributed by atoms with Crippen LogP contribution < -0.4 is 0 Å². The van der Waals surface area contributed by atoms with Gasteiger partial charge in [0.25, 0.3) is 0 Å². The van der Waals surface area contributed by atoms with Crippen molar-refractivity contribution in [2.45, 2.75) is 6.92 Å². The van der Waals surface area contributed by atoms with Gasteiger partial charge in [0.2, 0.25) is 6.79 Å². The maximum absolute atomic E-state index is 5.10. The van der Waals surface area contributed by atoms with Crippen LogP contribution in [0.3, 0.4) is 0 Å². The summed E-state index contributed by atoms with van der Waals surface area (Å²) in [5, 5.41) is 0. The molecule has 0 aromatic carbocycles. The van der Waals surface area contributed by atoms with Crippen LogP contribution in [0.15, 0.2) is 36.3 Å². The normalized spacial score (nSPS) is 21.5. The zero-order valence-electron chi connectivity index (χ0n) is 6.02. The number of ether oxygens (including phenoxy) is 2. The molecule has 0 atom stereocenters. The summed E-state index contributed by atoms with van der Waals surface area (Å²) in [4.78, 5) is 0. The third kappa shape index (κ3) is 1.05. The number of hydrogen-bond donors (Lipinski definition) is 0. The topological polar surface area (TPSA) is 18.5 Å². The maximum Gasteiger partial charge on any atom is 0.231 e. The molecule has 0 N–H and O–H groups in total. The molecule has 0 spiro atoms. The SMILES string of the molecule is C=C/C(C)=C1/OCOC1=C. The molecule has 1 fully saturated rings. The molecule has 0 unspecified atom stereocenters. The van der Waals surface area contributed by atoms with Gasteiger partial charge in [-0.05, 0) is 12.5 Å². The Labute approximate surface area is 60.4 Å². The van der Waals surface area contributed by atoms with Gasteiger partial charge in [0, 0.05) is 0 Å². The largest absolute Gasteiger partial charge is 0.454 e. The van der Waals surface area contributed by atoms with Crippen LogP contribution in [0.2, 0.25) is 0 Å². The van der Waals surface area contributed by atoms with Crippen molar-refractivity contribution in [3.63, 3.8) is 0 Å². The van der Waals surface area contributed by atoms with Crippen LogP contribution in [0.5, 0.6) is 0 Å². The summed E-state index contributed by atoms with van der Waals surface area (Å²) in [5.41, 5.74) is 0.961. The Bertz CT molecular complexity index is 201. The lowest BCUT2D eigenvalue weighted by molar-refractivity contribution is 0.0975. The van der Waals surface area contributed by atoms with Crippen LogP contribution in [0, 0.1) is 0 Å². The fourth-order valence-electron chi connectivity index (χ4n) is 0.732. The van der Waals surface area contributed by atoms with Crippen molar-refractivity contribution in [1.82, 2.24) is 0 Å². The number of hydrogen-bond acceptors (Lipinski definition) is 2. The van der Waals surface area contributed by atoms with Gasteiger partial charge in [-0.25, -0.2) is 0 Å². The van der Waals surface area contributed by atoms with Gasteiger partial charge in [-0.15, -0.1) is 0 Å². The Morgan fingerprint density at radius 2 is 2.30 bits per heavy atom. The van der Waals surface area contributed by atoms with Crippen LogP contribution in [-0.2, 0) is 9.47 Å². The highest BCUT2D eigenvalue weighted by Gasteiger charge is 2.14. The monoisotopic (exact) mass is 138 g/mol. The highest BCUT2D eigenvalue weighted by Crippen LogP contribution is 2.22. The average molecular weight is 138 g/mol. The highest BCUT2D eigenvalue weighted by molar-refractivity contribution is 5.30. The number of rotatable bonds is 1. The molecule has 0 aromatic rings. The van der Waals surface area contributed by atoms with Gasteiger partial charge in [-0.2, -0.15) is 0 Å². The lowest BCUT2D eigenvalue weighted by Gasteiger charge is -1.96. The van der Waals surface area contributed by atoms with Crippen LogP contribution in [-0.4, -0.2) is 6.79 Å². The molecule has 1 saturated heterocycles. The van der Waals surface area contributed by atoms with Crippen LogP contribution in [0.25, 0.3) is 0 Å². The van der Waals surface area contributed by atoms with Gasteiger partial charge in [-0.1, -0.05) is 19.2 Å². The van der Waals surface area contributed by atoms with Gasteiger partial charge in [-0.3, -0.25) is 0 Å². The second-order valence-corrected chi connectivity index (χ2v) is 2.05. The summed E-state index contributed by atoms with van der Waals surface area (Å²) in [5.74, 6) is 1.31. The second-order valence-electron chi connectivity index (χ2n) is 2.05. The van der Waals surface area contributed by atoms with Crippen molar-refractivity contribution in [3.8, 4) is 0 Å². The van der Waals surface area contributed by atoms with E-state index in [1.54, 1.807) is 6.08 Å². The summed E-state index contributed by atoms with van der Waals surface area (Å²) in [6, 6.07) is 0. The summed E-state index contributed by atoms with van der Waals surface area (Å²) in [6.07, 6.45) is 1.72. The quantitative estimate of drug-likeness (QED) is 0.551. The Morgan fingerprint density at radius 1 is 1.60 bits per heavy atom. The van der Waals surface area contributed by atoms with Crippen molar-refractivity contribution < 1.29 is 9.47 Å². The van der Waals surface area contributed by atoms with E-state index < -0.39 is 0 Å². The van der Waals surface area contributed by atoms with E-state index in [0.29, 0.717) is 5.76 Å². The second kappa shape index (κ2) is 2.60. The van der Waals surface area contributed by atoms with E-state index in [0.717, 1.165) is 11.3 Å².